The number of rotatable bonds is 7. The van der Waals surface area contributed by atoms with Crippen molar-refractivity contribution in [2.75, 3.05) is 19.6 Å². The largest absolute Gasteiger partial charge is 0.481 e. The van der Waals surface area contributed by atoms with E-state index in [0.717, 1.165) is 32.0 Å². The van der Waals surface area contributed by atoms with Gasteiger partial charge < -0.3 is 10.0 Å². The normalized spacial score (nSPS) is 27.2. The van der Waals surface area contributed by atoms with E-state index < -0.39 is 11.4 Å². The molecule has 0 aromatic carbocycles. The SMILES string of the molecule is CCCCC(CC)CN1CCC(C)(C(=O)O)C1. The molecule has 2 unspecified atom stereocenters. The van der Waals surface area contributed by atoms with Crippen molar-refractivity contribution >= 4 is 5.97 Å². The summed E-state index contributed by atoms with van der Waals surface area (Å²) in [5.41, 5.74) is -0.511. The maximum Gasteiger partial charge on any atom is 0.310 e. The molecule has 1 rings (SSSR count). The number of aliphatic carboxylic acids is 1. The minimum absolute atomic E-state index is 0.511. The number of carboxylic acids is 1. The van der Waals surface area contributed by atoms with Crippen molar-refractivity contribution in [2.45, 2.75) is 52.9 Å². The van der Waals surface area contributed by atoms with Gasteiger partial charge in [0.15, 0.2) is 0 Å². The number of carboxylic acid groups (broad SMARTS) is 1. The molecule has 1 heterocycles. The number of unbranched alkanes of at least 4 members (excludes halogenated alkanes) is 1. The molecule has 3 nitrogen and oxygen atoms in total. The standard InChI is InChI=1S/C14H27NO2/c1-4-6-7-12(5-2)10-15-9-8-14(3,11-15)13(16)17/h12H,4-11H2,1-3H3,(H,16,17). The molecular weight excluding hydrogens is 214 g/mol. The molecule has 0 aromatic rings. The molecule has 2 atom stereocenters. The van der Waals surface area contributed by atoms with Crippen molar-refractivity contribution in [1.82, 2.24) is 4.90 Å². The summed E-state index contributed by atoms with van der Waals surface area (Å²) >= 11 is 0. The van der Waals surface area contributed by atoms with E-state index in [1.165, 1.54) is 25.7 Å². The summed E-state index contributed by atoms with van der Waals surface area (Å²) in [6, 6.07) is 0. The van der Waals surface area contributed by atoms with Crippen LogP contribution in [0.5, 0.6) is 0 Å². The summed E-state index contributed by atoms with van der Waals surface area (Å²) in [4.78, 5) is 13.5. The number of nitrogens with zero attached hydrogens (tertiary/aromatic N) is 1. The third-order valence-electron chi connectivity index (χ3n) is 4.13. The Balaban J connectivity index is 2.40. The smallest absolute Gasteiger partial charge is 0.310 e. The zero-order valence-corrected chi connectivity index (χ0v) is 11.5. The number of carbonyl (C=O) groups is 1. The van der Waals surface area contributed by atoms with E-state index in [1.54, 1.807) is 0 Å². The fourth-order valence-corrected chi connectivity index (χ4v) is 2.67. The van der Waals surface area contributed by atoms with Crippen LogP contribution in [0.2, 0.25) is 0 Å². The first-order valence-electron chi connectivity index (χ1n) is 6.97. The van der Waals surface area contributed by atoms with E-state index in [9.17, 15) is 9.90 Å². The Labute approximate surface area is 105 Å². The van der Waals surface area contributed by atoms with Crippen LogP contribution in [0.3, 0.4) is 0 Å². The fraction of sp³-hybridized carbons (Fsp3) is 0.929. The average Bonchev–Trinajstić information content (AvgIpc) is 2.67. The summed E-state index contributed by atoms with van der Waals surface area (Å²) in [7, 11) is 0. The molecule has 0 radical (unpaired) electrons. The molecule has 1 aliphatic rings. The van der Waals surface area contributed by atoms with Crippen molar-refractivity contribution in [3.63, 3.8) is 0 Å². The van der Waals surface area contributed by atoms with Gasteiger partial charge in [-0.3, -0.25) is 4.79 Å². The van der Waals surface area contributed by atoms with Crippen LogP contribution in [0.15, 0.2) is 0 Å². The first-order valence-corrected chi connectivity index (χ1v) is 6.97. The van der Waals surface area contributed by atoms with Crippen molar-refractivity contribution in [1.29, 1.82) is 0 Å². The summed E-state index contributed by atoms with van der Waals surface area (Å²) < 4.78 is 0. The fourth-order valence-electron chi connectivity index (χ4n) is 2.67. The molecule has 17 heavy (non-hydrogen) atoms. The second-order valence-electron chi connectivity index (χ2n) is 5.77. The maximum atomic E-state index is 11.2. The maximum absolute atomic E-state index is 11.2. The topological polar surface area (TPSA) is 40.5 Å². The highest BCUT2D eigenvalue weighted by molar-refractivity contribution is 5.74. The Morgan fingerprint density at radius 3 is 2.65 bits per heavy atom. The van der Waals surface area contributed by atoms with Crippen LogP contribution < -0.4 is 0 Å². The van der Waals surface area contributed by atoms with E-state index >= 15 is 0 Å². The predicted octanol–water partition coefficient (Wildman–Crippen LogP) is 3.00. The number of likely N-dealkylation sites (tertiary alicyclic amines) is 1. The lowest BCUT2D eigenvalue weighted by Crippen LogP contribution is -2.33. The highest BCUT2D eigenvalue weighted by atomic mass is 16.4. The van der Waals surface area contributed by atoms with Crippen LogP contribution >= 0.6 is 0 Å². The second kappa shape index (κ2) is 6.39. The van der Waals surface area contributed by atoms with Crippen LogP contribution in [0.25, 0.3) is 0 Å². The molecule has 3 heteroatoms. The van der Waals surface area contributed by atoms with Gasteiger partial charge in [0.05, 0.1) is 5.41 Å². The predicted molar refractivity (Wildman–Crippen MR) is 70.1 cm³/mol. The van der Waals surface area contributed by atoms with Gasteiger partial charge in [0.25, 0.3) is 0 Å². The minimum atomic E-state index is -0.637. The van der Waals surface area contributed by atoms with Crippen LogP contribution in [-0.2, 0) is 4.79 Å². The summed E-state index contributed by atoms with van der Waals surface area (Å²) in [5, 5.41) is 9.20. The zero-order chi connectivity index (χ0) is 12.9. The molecular formula is C14H27NO2. The Kier molecular flexibility index (Phi) is 5.44. The summed E-state index contributed by atoms with van der Waals surface area (Å²) in [5.74, 6) is 0.104. The van der Waals surface area contributed by atoms with Gasteiger partial charge in [-0.2, -0.15) is 0 Å². The minimum Gasteiger partial charge on any atom is -0.481 e. The molecule has 0 aliphatic carbocycles. The van der Waals surface area contributed by atoms with Gasteiger partial charge in [-0.05, 0) is 32.2 Å². The number of hydrogen-bond donors (Lipinski definition) is 1. The summed E-state index contributed by atoms with van der Waals surface area (Å²) in [6.07, 6.45) is 5.84. The van der Waals surface area contributed by atoms with Crippen molar-refractivity contribution < 1.29 is 9.90 Å². The first kappa shape index (κ1) is 14.5. The average molecular weight is 241 g/mol. The molecule has 1 aliphatic heterocycles. The van der Waals surface area contributed by atoms with Gasteiger partial charge in [0.2, 0.25) is 0 Å². The van der Waals surface area contributed by atoms with Crippen LogP contribution in [0, 0.1) is 11.3 Å². The Morgan fingerprint density at radius 1 is 1.47 bits per heavy atom. The van der Waals surface area contributed by atoms with Gasteiger partial charge in [-0.15, -0.1) is 0 Å². The van der Waals surface area contributed by atoms with Crippen LogP contribution in [-0.4, -0.2) is 35.6 Å². The quantitative estimate of drug-likeness (QED) is 0.745. The Morgan fingerprint density at radius 2 is 2.18 bits per heavy atom. The molecule has 1 saturated heterocycles. The molecule has 0 saturated carbocycles. The van der Waals surface area contributed by atoms with Crippen molar-refractivity contribution in [3.8, 4) is 0 Å². The van der Waals surface area contributed by atoms with E-state index in [1.807, 2.05) is 6.92 Å². The lowest BCUT2D eigenvalue weighted by atomic mass is 9.90. The Bertz CT molecular complexity index is 255. The molecule has 0 amide bonds. The highest BCUT2D eigenvalue weighted by Gasteiger charge is 2.40. The van der Waals surface area contributed by atoms with E-state index in [-0.39, 0.29) is 0 Å². The molecule has 1 fully saturated rings. The van der Waals surface area contributed by atoms with Crippen molar-refractivity contribution in [3.05, 3.63) is 0 Å². The highest BCUT2D eigenvalue weighted by Crippen LogP contribution is 2.31. The zero-order valence-electron chi connectivity index (χ0n) is 11.5. The van der Waals surface area contributed by atoms with Gasteiger partial charge in [-0.25, -0.2) is 0 Å². The third-order valence-corrected chi connectivity index (χ3v) is 4.13. The van der Waals surface area contributed by atoms with Crippen molar-refractivity contribution in [2.24, 2.45) is 11.3 Å². The van der Waals surface area contributed by atoms with E-state index in [4.69, 9.17) is 0 Å². The third kappa shape index (κ3) is 3.98. The Hall–Kier alpha value is -0.570. The van der Waals surface area contributed by atoms with Gasteiger partial charge >= 0.3 is 5.97 Å². The van der Waals surface area contributed by atoms with E-state index in [2.05, 4.69) is 18.7 Å². The van der Waals surface area contributed by atoms with E-state index in [0.29, 0.717) is 0 Å². The molecule has 1 N–H and O–H groups in total. The second-order valence-corrected chi connectivity index (χ2v) is 5.77. The van der Waals surface area contributed by atoms with Gasteiger partial charge in [0, 0.05) is 13.1 Å². The van der Waals surface area contributed by atoms with Crippen LogP contribution in [0.1, 0.15) is 52.9 Å². The molecule has 100 valence electrons. The number of hydrogen-bond acceptors (Lipinski definition) is 2. The molecule has 0 bridgehead atoms. The molecule has 0 aromatic heterocycles. The lowest BCUT2D eigenvalue weighted by molar-refractivity contribution is -0.147. The first-order chi connectivity index (χ1) is 8.01. The monoisotopic (exact) mass is 241 g/mol. The molecule has 0 spiro atoms. The van der Waals surface area contributed by atoms with Gasteiger partial charge in [-0.1, -0.05) is 33.1 Å². The van der Waals surface area contributed by atoms with Gasteiger partial charge in [0.1, 0.15) is 0 Å². The van der Waals surface area contributed by atoms with Crippen LogP contribution in [0.4, 0.5) is 0 Å². The lowest BCUT2D eigenvalue weighted by Gasteiger charge is -2.24. The summed E-state index contributed by atoms with van der Waals surface area (Å²) in [6.45, 7) is 9.11.